The summed E-state index contributed by atoms with van der Waals surface area (Å²) in [5.74, 6) is -0.327. The number of hydrogen-bond donors (Lipinski definition) is 1. The number of rotatable bonds is 5. The third-order valence-corrected chi connectivity index (χ3v) is 6.29. The van der Waals surface area contributed by atoms with Gasteiger partial charge >= 0.3 is 0 Å². The number of nitrogens with zero attached hydrogens (tertiary/aromatic N) is 1. The van der Waals surface area contributed by atoms with Crippen molar-refractivity contribution in [2.75, 3.05) is 19.6 Å². The normalized spacial score (nSPS) is 15.9. The topological polar surface area (TPSA) is 62.6 Å². The molecule has 0 saturated carbocycles. The molecule has 1 aliphatic heterocycles. The first-order valence-corrected chi connectivity index (χ1v) is 10.6. The van der Waals surface area contributed by atoms with E-state index in [2.05, 4.69) is 37.6 Å². The first kappa shape index (κ1) is 18.4. The highest BCUT2D eigenvalue weighted by atomic mass is 79.9. The van der Waals surface area contributed by atoms with Gasteiger partial charge in [0.25, 0.3) is 5.91 Å². The van der Waals surface area contributed by atoms with Crippen LogP contribution in [-0.2, 0) is 0 Å². The average Bonchev–Trinajstić information content (AvgIpc) is 3.35. The van der Waals surface area contributed by atoms with Crippen LogP contribution in [0, 0.1) is 0 Å². The zero-order valence-corrected chi connectivity index (χ0v) is 17.0. The molecule has 2 aromatic heterocycles. The van der Waals surface area contributed by atoms with Crippen molar-refractivity contribution in [1.29, 1.82) is 0 Å². The van der Waals surface area contributed by atoms with Gasteiger partial charge in [-0.3, -0.25) is 14.5 Å². The van der Waals surface area contributed by atoms with Crippen molar-refractivity contribution in [2.24, 2.45) is 0 Å². The standard InChI is InChI=1S/C20H19BrN2O3S/c21-13-5-6-14-16(24)11-18(26-17(14)10-13)20(25)22-12-15(19-4-3-9-27-19)23-7-1-2-8-23/h3-6,9-11,15H,1-2,7-8,12H2,(H,22,25)/t15-/m0/s1. The number of thiophene rings is 1. The van der Waals surface area contributed by atoms with Crippen molar-refractivity contribution < 1.29 is 9.21 Å². The number of nitrogens with one attached hydrogen (secondary N) is 1. The fourth-order valence-electron chi connectivity index (χ4n) is 3.46. The highest BCUT2D eigenvalue weighted by Gasteiger charge is 2.25. The Labute approximate surface area is 169 Å². The Balaban J connectivity index is 1.54. The molecule has 1 atom stereocenters. The van der Waals surface area contributed by atoms with Crippen molar-refractivity contribution in [3.63, 3.8) is 0 Å². The summed E-state index contributed by atoms with van der Waals surface area (Å²) in [7, 11) is 0. The largest absolute Gasteiger partial charge is 0.451 e. The summed E-state index contributed by atoms with van der Waals surface area (Å²) in [6.07, 6.45) is 2.37. The van der Waals surface area contributed by atoms with E-state index in [1.807, 2.05) is 6.07 Å². The number of fused-ring (bicyclic) bond motifs is 1. The Hall–Kier alpha value is -1.96. The minimum absolute atomic E-state index is 0.0388. The molecule has 0 bridgehead atoms. The third kappa shape index (κ3) is 4.00. The Bertz CT molecular complexity index is 1010. The van der Waals surface area contributed by atoms with Gasteiger partial charge < -0.3 is 9.73 Å². The fourth-order valence-corrected chi connectivity index (χ4v) is 4.66. The lowest BCUT2D eigenvalue weighted by Crippen LogP contribution is -2.36. The predicted octanol–water partition coefficient (Wildman–Crippen LogP) is 4.18. The number of carbonyl (C=O) groups excluding carboxylic acids is 1. The van der Waals surface area contributed by atoms with Crippen LogP contribution >= 0.6 is 27.3 Å². The molecule has 1 saturated heterocycles. The van der Waals surface area contributed by atoms with Crippen LogP contribution in [0.1, 0.15) is 34.3 Å². The monoisotopic (exact) mass is 446 g/mol. The molecule has 3 aromatic rings. The van der Waals surface area contributed by atoms with Crippen LogP contribution in [0.2, 0.25) is 0 Å². The minimum Gasteiger partial charge on any atom is -0.451 e. The van der Waals surface area contributed by atoms with Gasteiger partial charge in [-0.05, 0) is 55.6 Å². The summed E-state index contributed by atoms with van der Waals surface area (Å²) in [5.41, 5.74) is 0.180. The molecule has 5 nitrogen and oxygen atoms in total. The summed E-state index contributed by atoms with van der Waals surface area (Å²) in [6, 6.07) is 10.7. The van der Waals surface area contributed by atoms with E-state index in [1.165, 1.54) is 23.8 Å². The molecule has 0 aliphatic carbocycles. The predicted molar refractivity (Wildman–Crippen MR) is 110 cm³/mol. The summed E-state index contributed by atoms with van der Waals surface area (Å²) in [6.45, 7) is 2.56. The highest BCUT2D eigenvalue weighted by Crippen LogP contribution is 2.28. The first-order valence-electron chi connectivity index (χ1n) is 8.91. The quantitative estimate of drug-likeness (QED) is 0.638. The van der Waals surface area contributed by atoms with E-state index in [0.717, 1.165) is 17.6 Å². The Morgan fingerprint density at radius 3 is 2.81 bits per heavy atom. The van der Waals surface area contributed by atoms with Crippen molar-refractivity contribution in [3.05, 3.63) is 67.1 Å². The van der Waals surface area contributed by atoms with Gasteiger partial charge in [-0.25, -0.2) is 0 Å². The molecule has 1 amide bonds. The van der Waals surface area contributed by atoms with Crippen molar-refractivity contribution in [1.82, 2.24) is 10.2 Å². The lowest BCUT2D eigenvalue weighted by atomic mass is 10.2. The highest BCUT2D eigenvalue weighted by molar-refractivity contribution is 9.10. The van der Waals surface area contributed by atoms with Gasteiger partial charge in [-0.2, -0.15) is 0 Å². The van der Waals surface area contributed by atoms with Crippen LogP contribution in [0.5, 0.6) is 0 Å². The fraction of sp³-hybridized carbons (Fsp3) is 0.300. The zero-order valence-electron chi connectivity index (χ0n) is 14.6. The number of benzene rings is 1. The van der Waals surface area contributed by atoms with E-state index in [1.54, 1.807) is 29.5 Å². The molecule has 1 aliphatic rings. The second kappa shape index (κ2) is 7.96. The van der Waals surface area contributed by atoms with E-state index in [-0.39, 0.29) is 23.1 Å². The van der Waals surface area contributed by atoms with E-state index in [4.69, 9.17) is 4.42 Å². The Morgan fingerprint density at radius 1 is 1.26 bits per heavy atom. The molecular formula is C20H19BrN2O3S. The van der Waals surface area contributed by atoms with Crippen LogP contribution in [0.15, 0.2) is 55.5 Å². The van der Waals surface area contributed by atoms with Gasteiger partial charge in [0.15, 0.2) is 11.2 Å². The van der Waals surface area contributed by atoms with E-state index in [0.29, 0.717) is 17.5 Å². The van der Waals surface area contributed by atoms with E-state index < -0.39 is 0 Å². The number of likely N-dealkylation sites (tertiary alicyclic amines) is 1. The SMILES string of the molecule is O=C(NC[C@@H](c1cccs1)N1CCCC1)c1cc(=O)c2ccc(Br)cc2o1. The molecule has 4 rings (SSSR count). The van der Waals surface area contributed by atoms with Crippen LogP contribution in [0.3, 0.4) is 0 Å². The minimum atomic E-state index is -0.366. The summed E-state index contributed by atoms with van der Waals surface area (Å²) >= 11 is 5.06. The number of amides is 1. The lowest BCUT2D eigenvalue weighted by Gasteiger charge is -2.26. The first-order chi connectivity index (χ1) is 13.1. The van der Waals surface area contributed by atoms with Crippen LogP contribution in [-0.4, -0.2) is 30.4 Å². The van der Waals surface area contributed by atoms with Gasteiger partial charge in [0.2, 0.25) is 0 Å². The molecule has 1 fully saturated rings. The maximum absolute atomic E-state index is 12.6. The molecular weight excluding hydrogens is 428 g/mol. The van der Waals surface area contributed by atoms with Gasteiger partial charge in [-0.1, -0.05) is 22.0 Å². The van der Waals surface area contributed by atoms with Crippen molar-refractivity contribution >= 4 is 44.1 Å². The van der Waals surface area contributed by atoms with Gasteiger partial charge in [0.05, 0.1) is 11.4 Å². The van der Waals surface area contributed by atoms with Crippen LogP contribution < -0.4 is 10.7 Å². The molecule has 0 spiro atoms. The Morgan fingerprint density at radius 2 is 2.07 bits per heavy atom. The molecule has 140 valence electrons. The van der Waals surface area contributed by atoms with Crippen molar-refractivity contribution in [3.8, 4) is 0 Å². The smallest absolute Gasteiger partial charge is 0.287 e. The molecule has 3 heterocycles. The van der Waals surface area contributed by atoms with Gasteiger partial charge in [-0.15, -0.1) is 11.3 Å². The van der Waals surface area contributed by atoms with Crippen molar-refractivity contribution in [2.45, 2.75) is 18.9 Å². The lowest BCUT2D eigenvalue weighted by molar-refractivity contribution is 0.0911. The number of carbonyl (C=O) groups is 1. The molecule has 7 heteroatoms. The van der Waals surface area contributed by atoms with Crippen LogP contribution in [0.4, 0.5) is 0 Å². The van der Waals surface area contributed by atoms with Crippen LogP contribution in [0.25, 0.3) is 11.0 Å². The number of hydrogen-bond acceptors (Lipinski definition) is 5. The molecule has 0 radical (unpaired) electrons. The second-order valence-corrected chi connectivity index (χ2v) is 8.49. The summed E-state index contributed by atoms with van der Waals surface area (Å²) in [4.78, 5) is 28.6. The number of halogens is 1. The van der Waals surface area contributed by atoms with Gasteiger partial charge in [0, 0.05) is 22.0 Å². The Kier molecular flexibility index (Phi) is 5.43. The maximum atomic E-state index is 12.6. The molecule has 1 aromatic carbocycles. The second-order valence-electron chi connectivity index (χ2n) is 6.60. The molecule has 27 heavy (non-hydrogen) atoms. The molecule has 0 unspecified atom stereocenters. The maximum Gasteiger partial charge on any atom is 0.287 e. The van der Waals surface area contributed by atoms with Gasteiger partial charge in [0.1, 0.15) is 5.58 Å². The molecule has 1 N–H and O–H groups in total. The summed E-state index contributed by atoms with van der Waals surface area (Å²) < 4.78 is 6.47. The van der Waals surface area contributed by atoms with E-state index in [9.17, 15) is 9.59 Å². The average molecular weight is 447 g/mol. The van der Waals surface area contributed by atoms with E-state index >= 15 is 0 Å². The zero-order chi connectivity index (χ0) is 18.8. The summed E-state index contributed by atoms with van der Waals surface area (Å²) in [5, 5.41) is 5.47. The third-order valence-electron chi connectivity index (χ3n) is 4.82.